The Hall–Kier alpha value is -2.86. The zero-order chi connectivity index (χ0) is 23.0. The minimum Gasteiger partial charge on any atom is -0.357 e. The van der Waals surface area contributed by atoms with Crippen LogP contribution in [-0.4, -0.2) is 53.4 Å². The maximum atomic E-state index is 11.8. The normalized spacial score (nSPS) is 21.6. The van der Waals surface area contributed by atoms with Gasteiger partial charge in [0.2, 0.25) is 5.91 Å². The van der Waals surface area contributed by atoms with Crippen LogP contribution in [0.5, 0.6) is 0 Å². The summed E-state index contributed by atoms with van der Waals surface area (Å²) in [6, 6.07) is 20.1. The van der Waals surface area contributed by atoms with Crippen LogP contribution in [0.2, 0.25) is 0 Å². The van der Waals surface area contributed by atoms with E-state index >= 15 is 0 Å². The maximum absolute atomic E-state index is 11.8. The van der Waals surface area contributed by atoms with E-state index in [1.807, 2.05) is 4.90 Å². The van der Waals surface area contributed by atoms with Gasteiger partial charge in [-0.05, 0) is 43.4 Å². The summed E-state index contributed by atoms with van der Waals surface area (Å²) in [5, 5.41) is 7.05. The van der Waals surface area contributed by atoms with Gasteiger partial charge in [-0.1, -0.05) is 54.6 Å². The van der Waals surface area contributed by atoms with Gasteiger partial charge in [0.1, 0.15) is 0 Å². The van der Waals surface area contributed by atoms with Crippen molar-refractivity contribution in [2.24, 2.45) is 4.99 Å². The molecular formula is C27H37N5O. The summed E-state index contributed by atoms with van der Waals surface area (Å²) in [6.45, 7) is 9.49. The first kappa shape index (κ1) is 23.3. The average molecular weight is 448 g/mol. The van der Waals surface area contributed by atoms with Crippen molar-refractivity contribution in [3.8, 4) is 0 Å². The minimum absolute atomic E-state index is 0.272. The predicted octanol–water partition coefficient (Wildman–Crippen LogP) is 3.53. The standard InChI is InChI=1S/C27H37N5O/c1-3-28-27(30-25-16-21(2)32(20-25)19-23-8-5-4-6-9-23)29-17-22-11-13-24(14-12-22)18-31-15-7-10-26(31)33/h4-6,8-9,11-14,21,25H,3,7,10,15-20H2,1-2H3,(H2,28,29,30). The van der Waals surface area contributed by atoms with Gasteiger partial charge in [0, 0.05) is 51.2 Å². The number of guanidine groups is 1. The van der Waals surface area contributed by atoms with Crippen molar-refractivity contribution in [1.82, 2.24) is 20.4 Å². The van der Waals surface area contributed by atoms with Crippen molar-refractivity contribution in [1.29, 1.82) is 0 Å². The average Bonchev–Trinajstić information content (AvgIpc) is 3.38. The lowest BCUT2D eigenvalue weighted by Gasteiger charge is -2.21. The van der Waals surface area contributed by atoms with Gasteiger partial charge in [-0.2, -0.15) is 0 Å². The minimum atomic E-state index is 0.272. The fraction of sp³-hybridized carbons (Fsp3) is 0.481. The van der Waals surface area contributed by atoms with Gasteiger partial charge in [-0.3, -0.25) is 9.69 Å². The summed E-state index contributed by atoms with van der Waals surface area (Å²) < 4.78 is 0. The number of amides is 1. The van der Waals surface area contributed by atoms with E-state index in [1.54, 1.807) is 0 Å². The van der Waals surface area contributed by atoms with Crippen LogP contribution >= 0.6 is 0 Å². The Labute approximate surface area is 198 Å². The number of hydrogen-bond donors (Lipinski definition) is 2. The Morgan fingerprint density at radius 2 is 1.76 bits per heavy atom. The van der Waals surface area contributed by atoms with Crippen LogP contribution < -0.4 is 10.6 Å². The molecule has 0 saturated carbocycles. The van der Waals surface area contributed by atoms with E-state index in [-0.39, 0.29) is 5.91 Å². The van der Waals surface area contributed by atoms with Gasteiger partial charge in [0.25, 0.3) is 0 Å². The highest BCUT2D eigenvalue weighted by molar-refractivity contribution is 5.80. The Morgan fingerprint density at radius 3 is 2.45 bits per heavy atom. The summed E-state index contributed by atoms with van der Waals surface area (Å²) in [7, 11) is 0. The summed E-state index contributed by atoms with van der Waals surface area (Å²) in [6.07, 6.45) is 2.79. The molecule has 176 valence electrons. The number of nitrogens with zero attached hydrogens (tertiary/aromatic N) is 3. The molecule has 2 aliphatic rings. The molecule has 6 heteroatoms. The highest BCUT2D eigenvalue weighted by atomic mass is 16.2. The highest BCUT2D eigenvalue weighted by Gasteiger charge is 2.29. The molecule has 0 radical (unpaired) electrons. The molecule has 2 atom stereocenters. The number of likely N-dealkylation sites (tertiary alicyclic amines) is 2. The number of carbonyl (C=O) groups excluding carboxylic acids is 1. The Morgan fingerprint density at radius 1 is 1.03 bits per heavy atom. The van der Waals surface area contributed by atoms with E-state index in [0.29, 0.717) is 31.6 Å². The molecule has 2 unspecified atom stereocenters. The predicted molar refractivity (Wildman–Crippen MR) is 134 cm³/mol. The lowest BCUT2D eigenvalue weighted by atomic mass is 10.1. The first-order valence-electron chi connectivity index (χ1n) is 12.3. The Kier molecular flexibility index (Phi) is 8.00. The van der Waals surface area contributed by atoms with Crippen LogP contribution in [0, 0.1) is 0 Å². The van der Waals surface area contributed by atoms with Gasteiger partial charge < -0.3 is 15.5 Å². The number of nitrogens with one attached hydrogen (secondary N) is 2. The quantitative estimate of drug-likeness (QED) is 0.480. The van der Waals surface area contributed by atoms with Crippen LogP contribution in [0.25, 0.3) is 0 Å². The molecule has 0 aromatic heterocycles. The molecule has 2 heterocycles. The molecule has 0 aliphatic carbocycles. The van der Waals surface area contributed by atoms with Gasteiger partial charge >= 0.3 is 0 Å². The number of carbonyl (C=O) groups is 1. The molecule has 0 bridgehead atoms. The lowest BCUT2D eigenvalue weighted by molar-refractivity contribution is -0.128. The Balaban J connectivity index is 1.30. The van der Waals surface area contributed by atoms with Crippen molar-refractivity contribution >= 4 is 11.9 Å². The molecule has 6 nitrogen and oxygen atoms in total. The van der Waals surface area contributed by atoms with Crippen LogP contribution in [0.3, 0.4) is 0 Å². The van der Waals surface area contributed by atoms with Gasteiger partial charge in [0.15, 0.2) is 5.96 Å². The summed E-state index contributed by atoms with van der Waals surface area (Å²) in [5.41, 5.74) is 3.72. The molecule has 2 N–H and O–H groups in total. The zero-order valence-corrected chi connectivity index (χ0v) is 20.0. The Bertz CT molecular complexity index is 927. The number of benzene rings is 2. The third-order valence-electron chi connectivity index (χ3n) is 6.60. The van der Waals surface area contributed by atoms with Crippen molar-refractivity contribution in [2.45, 2.75) is 64.8 Å². The van der Waals surface area contributed by atoms with Crippen molar-refractivity contribution in [2.75, 3.05) is 19.6 Å². The molecule has 4 rings (SSSR count). The van der Waals surface area contributed by atoms with Crippen LogP contribution in [0.15, 0.2) is 59.6 Å². The molecule has 2 aliphatic heterocycles. The van der Waals surface area contributed by atoms with E-state index in [0.717, 1.165) is 45.0 Å². The smallest absolute Gasteiger partial charge is 0.222 e. The van der Waals surface area contributed by atoms with Gasteiger partial charge in [-0.15, -0.1) is 0 Å². The second kappa shape index (κ2) is 11.3. The highest BCUT2D eigenvalue weighted by Crippen LogP contribution is 2.20. The number of hydrogen-bond acceptors (Lipinski definition) is 3. The summed E-state index contributed by atoms with van der Waals surface area (Å²) >= 11 is 0. The topological polar surface area (TPSA) is 60.0 Å². The van der Waals surface area contributed by atoms with E-state index in [2.05, 4.69) is 84.0 Å². The largest absolute Gasteiger partial charge is 0.357 e. The van der Waals surface area contributed by atoms with E-state index < -0.39 is 0 Å². The first-order chi connectivity index (χ1) is 16.1. The second-order valence-corrected chi connectivity index (χ2v) is 9.27. The van der Waals surface area contributed by atoms with Gasteiger partial charge in [-0.25, -0.2) is 4.99 Å². The number of rotatable bonds is 8. The van der Waals surface area contributed by atoms with E-state index in [4.69, 9.17) is 4.99 Å². The fourth-order valence-electron chi connectivity index (χ4n) is 4.77. The molecule has 0 spiro atoms. The van der Waals surface area contributed by atoms with Gasteiger partial charge in [0.05, 0.1) is 6.54 Å². The second-order valence-electron chi connectivity index (χ2n) is 9.27. The summed E-state index contributed by atoms with van der Waals surface area (Å²) in [5.74, 6) is 1.15. The molecule has 2 saturated heterocycles. The van der Waals surface area contributed by atoms with Crippen molar-refractivity contribution in [3.05, 3.63) is 71.3 Å². The summed E-state index contributed by atoms with van der Waals surface area (Å²) in [4.78, 5) is 21.2. The molecule has 1 amide bonds. The van der Waals surface area contributed by atoms with Crippen LogP contribution in [0.4, 0.5) is 0 Å². The number of aliphatic imine (C=N–C) groups is 1. The lowest BCUT2D eigenvalue weighted by Crippen LogP contribution is -2.44. The van der Waals surface area contributed by atoms with Crippen molar-refractivity contribution < 1.29 is 4.79 Å². The van der Waals surface area contributed by atoms with E-state index in [1.165, 1.54) is 16.7 Å². The van der Waals surface area contributed by atoms with Crippen LogP contribution in [0.1, 0.15) is 49.8 Å². The SMILES string of the molecule is CCNC(=NCc1ccc(CN2CCCC2=O)cc1)NC1CC(C)N(Cc2ccccc2)C1. The van der Waals surface area contributed by atoms with Crippen molar-refractivity contribution in [3.63, 3.8) is 0 Å². The molecular weight excluding hydrogens is 410 g/mol. The molecule has 2 aromatic rings. The molecule has 2 aromatic carbocycles. The molecule has 33 heavy (non-hydrogen) atoms. The van der Waals surface area contributed by atoms with Crippen LogP contribution in [-0.2, 0) is 24.4 Å². The first-order valence-corrected chi connectivity index (χ1v) is 12.3. The third-order valence-corrected chi connectivity index (χ3v) is 6.60. The third kappa shape index (κ3) is 6.57. The molecule has 2 fully saturated rings. The monoisotopic (exact) mass is 447 g/mol. The van der Waals surface area contributed by atoms with E-state index in [9.17, 15) is 4.79 Å². The zero-order valence-electron chi connectivity index (χ0n) is 20.0. The maximum Gasteiger partial charge on any atom is 0.222 e. The fourth-order valence-corrected chi connectivity index (χ4v) is 4.77.